The maximum atomic E-state index is 13.7. The Labute approximate surface area is 261 Å². The van der Waals surface area contributed by atoms with Crippen LogP contribution in [-0.2, 0) is 9.59 Å². The van der Waals surface area contributed by atoms with E-state index in [0.717, 1.165) is 72.1 Å². The van der Waals surface area contributed by atoms with E-state index in [2.05, 4.69) is 72.2 Å². The summed E-state index contributed by atoms with van der Waals surface area (Å²) in [5.41, 5.74) is 5.38. The van der Waals surface area contributed by atoms with Crippen LogP contribution in [0.1, 0.15) is 99.9 Å². The zero-order valence-corrected chi connectivity index (χ0v) is 26.6. The lowest BCUT2D eigenvalue weighted by Gasteiger charge is -2.41. The van der Waals surface area contributed by atoms with Gasteiger partial charge in [-0.1, -0.05) is 49.6 Å². The quantitative estimate of drug-likeness (QED) is 0.255. The van der Waals surface area contributed by atoms with Gasteiger partial charge >= 0.3 is 0 Å². The first-order chi connectivity index (χ1) is 21.3. The van der Waals surface area contributed by atoms with Gasteiger partial charge in [0.1, 0.15) is 12.4 Å². The van der Waals surface area contributed by atoms with Gasteiger partial charge in [0.25, 0.3) is 0 Å². The third kappa shape index (κ3) is 7.34. The molecule has 0 spiro atoms. The number of benzene rings is 2. The number of aromatic nitrogens is 2. The molecule has 2 saturated carbocycles. The average Bonchev–Trinajstić information content (AvgIpc) is 3.55. The van der Waals surface area contributed by atoms with Crippen molar-refractivity contribution in [2.24, 2.45) is 11.8 Å². The molecule has 0 bridgehead atoms. The molecule has 8 heteroatoms. The first kappa shape index (κ1) is 31.8. The third-order valence-corrected chi connectivity index (χ3v) is 9.68. The number of rotatable bonds is 10. The van der Waals surface area contributed by atoms with Crippen LogP contribution in [-0.4, -0.2) is 46.5 Å². The highest BCUT2D eigenvalue weighted by molar-refractivity contribution is 5.79. The Kier molecular flexibility index (Phi) is 10.4. The number of ether oxygens (including phenoxy) is 1. The van der Waals surface area contributed by atoms with Crippen LogP contribution >= 0.6 is 0 Å². The Morgan fingerprint density at radius 1 is 1.05 bits per heavy atom. The standard InChI is InChI=1S/C36H48N4O4/c1-23(2)40-21-30(20-37-40)26-11-8-12-28(18-26)35(39-36(43)25-9-6-5-7-10-25)29-13-15-31(32(19-29)38-34(42)22-41)27-14-16-33(44-4)24(3)17-27/h8,11-12,14,16-18,20-21,23,25,29,31-32,35,41H,5-7,9-10,13,15,19,22H2,1-4H3,(H,38,42)(H,39,43). The van der Waals surface area contributed by atoms with E-state index in [0.29, 0.717) is 6.42 Å². The van der Waals surface area contributed by atoms with Gasteiger partial charge in [0.2, 0.25) is 11.8 Å². The van der Waals surface area contributed by atoms with Crippen molar-refractivity contribution >= 4 is 11.8 Å². The van der Waals surface area contributed by atoms with Crippen LogP contribution in [0, 0.1) is 18.8 Å². The molecule has 0 saturated heterocycles. The highest BCUT2D eigenvalue weighted by Gasteiger charge is 2.38. The Hall–Kier alpha value is -3.65. The van der Waals surface area contributed by atoms with E-state index < -0.39 is 6.61 Å². The topological polar surface area (TPSA) is 105 Å². The fourth-order valence-electron chi connectivity index (χ4n) is 7.24. The molecule has 3 N–H and O–H groups in total. The molecule has 1 heterocycles. The number of aliphatic hydroxyl groups excluding tert-OH is 1. The van der Waals surface area contributed by atoms with Gasteiger partial charge in [-0.15, -0.1) is 0 Å². The molecule has 2 fully saturated rings. The van der Waals surface area contributed by atoms with Gasteiger partial charge in [-0.05, 0) is 93.2 Å². The fourth-order valence-corrected chi connectivity index (χ4v) is 7.24. The monoisotopic (exact) mass is 600 g/mol. The van der Waals surface area contributed by atoms with Crippen LogP contribution in [0.5, 0.6) is 5.75 Å². The second-order valence-electron chi connectivity index (χ2n) is 13.0. The van der Waals surface area contributed by atoms with Gasteiger partial charge in [0.15, 0.2) is 0 Å². The van der Waals surface area contributed by atoms with Gasteiger partial charge < -0.3 is 20.5 Å². The Balaban J connectivity index is 1.46. The summed E-state index contributed by atoms with van der Waals surface area (Å²) in [5.74, 6) is 0.837. The highest BCUT2D eigenvalue weighted by Crippen LogP contribution is 2.43. The molecule has 8 nitrogen and oxygen atoms in total. The summed E-state index contributed by atoms with van der Waals surface area (Å²) < 4.78 is 7.45. The highest BCUT2D eigenvalue weighted by atomic mass is 16.5. The second-order valence-corrected chi connectivity index (χ2v) is 13.0. The molecule has 44 heavy (non-hydrogen) atoms. The Morgan fingerprint density at radius 2 is 1.84 bits per heavy atom. The van der Waals surface area contributed by atoms with Crippen molar-refractivity contribution in [2.75, 3.05) is 13.7 Å². The molecule has 2 amide bonds. The van der Waals surface area contributed by atoms with Crippen molar-refractivity contribution in [3.8, 4) is 16.9 Å². The molecule has 2 aliphatic carbocycles. The number of hydrogen-bond acceptors (Lipinski definition) is 5. The summed E-state index contributed by atoms with van der Waals surface area (Å²) in [6, 6.07) is 14.6. The van der Waals surface area contributed by atoms with Gasteiger partial charge in [0, 0.05) is 35.7 Å². The fraction of sp³-hybridized carbons (Fsp3) is 0.528. The summed E-state index contributed by atoms with van der Waals surface area (Å²) in [4.78, 5) is 26.3. The average molecular weight is 601 g/mol. The van der Waals surface area contributed by atoms with Gasteiger partial charge in [-0.2, -0.15) is 5.10 Å². The number of methoxy groups -OCH3 is 1. The van der Waals surface area contributed by atoms with Crippen LogP contribution in [0.4, 0.5) is 0 Å². The summed E-state index contributed by atoms with van der Waals surface area (Å²) in [6.45, 7) is 5.70. The normalized spacial score (nSPS) is 21.5. The maximum Gasteiger partial charge on any atom is 0.245 e. The summed E-state index contributed by atoms with van der Waals surface area (Å²) >= 11 is 0. The molecular formula is C36H48N4O4. The van der Waals surface area contributed by atoms with Crippen molar-refractivity contribution in [3.05, 3.63) is 71.5 Å². The third-order valence-electron chi connectivity index (χ3n) is 9.68. The molecule has 5 rings (SSSR count). The molecule has 236 valence electrons. The molecule has 0 aliphatic heterocycles. The van der Waals surface area contributed by atoms with Gasteiger partial charge in [-0.3, -0.25) is 14.3 Å². The first-order valence-electron chi connectivity index (χ1n) is 16.3. The molecule has 3 aromatic rings. The minimum absolute atomic E-state index is 0.0437. The number of carbonyl (C=O) groups excluding carboxylic acids is 2. The number of hydrogen-bond donors (Lipinski definition) is 3. The Morgan fingerprint density at radius 3 is 2.52 bits per heavy atom. The lowest BCUT2D eigenvalue weighted by atomic mass is 9.71. The van der Waals surface area contributed by atoms with Gasteiger partial charge in [0.05, 0.1) is 19.3 Å². The van der Waals surface area contributed by atoms with Crippen LogP contribution in [0.3, 0.4) is 0 Å². The van der Waals surface area contributed by atoms with Crippen LogP contribution in [0.15, 0.2) is 54.9 Å². The van der Waals surface area contributed by atoms with E-state index in [1.165, 1.54) is 6.42 Å². The zero-order chi connectivity index (χ0) is 31.2. The SMILES string of the molecule is COc1ccc(C2CCC(C(NC(=O)C3CCCCC3)c3cccc(-c4cnn(C(C)C)c4)c3)CC2NC(=O)CO)cc1C. The van der Waals surface area contributed by atoms with Crippen molar-refractivity contribution in [1.29, 1.82) is 0 Å². The lowest BCUT2D eigenvalue weighted by Crippen LogP contribution is -2.47. The maximum absolute atomic E-state index is 13.7. The van der Waals surface area contributed by atoms with E-state index in [1.807, 2.05) is 23.9 Å². The lowest BCUT2D eigenvalue weighted by molar-refractivity contribution is -0.128. The number of amides is 2. The predicted octanol–water partition coefficient (Wildman–Crippen LogP) is 6.25. The second kappa shape index (κ2) is 14.4. The first-order valence-corrected chi connectivity index (χ1v) is 16.3. The number of carbonyl (C=O) groups is 2. The zero-order valence-electron chi connectivity index (χ0n) is 26.6. The van der Waals surface area contributed by atoms with Crippen LogP contribution in [0.2, 0.25) is 0 Å². The van der Waals surface area contributed by atoms with E-state index in [4.69, 9.17) is 4.74 Å². The van der Waals surface area contributed by atoms with Crippen molar-refractivity contribution < 1.29 is 19.4 Å². The molecule has 4 unspecified atom stereocenters. The van der Waals surface area contributed by atoms with Crippen LogP contribution < -0.4 is 15.4 Å². The summed E-state index contributed by atoms with van der Waals surface area (Å²) in [7, 11) is 1.67. The van der Waals surface area contributed by atoms with E-state index >= 15 is 0 Å². The number of aryl methyl sites for hydroxylation is 1. The molecular weight excluding hydrogens is 552 g/mol. The largest absolute Gasteiger partial charge is 0.496 e. The molecule has 2 aromatic carbocycles. The number of nitrogens with one attached hydrogen (secondary N) is 2. The van der Waals surface area contributed by atoms with Crippen LogP contribution in [0.25, 0.3) is 11.1 Å². The molecule has 1 aromatic heterocycles. The van der Waals surface area contributed by atoms with Crippen molar-refractivity contribution in [3.63, 3.8) is 0 Å². The summed E-state index contributed by atoms with van der Waals surface area (Å²) in [6.07, 6.45) is 11.7. The van der Waals surface area contributed by atoms with Crippen molar-refractivity contribution in [1.82, 2.24) is 20.4 Å². The van der Waals surface area contributed by atoms with E-state index in [9.17, 15) is 14.7 Å². The predicted molar refractivity (Wildman–Crippen MR) is 172 cm³/mol. The van der Waals surface area contributed by atoms with Gasteiger partial charge in [-0.25, -0.2) is 0 Å². The Bertz CT molecular complexity index is 1430. The van der Waals surface area contributed by atoms with E-state index in [-0.39, 0.29) is 47.7 Å². The minimum atomic E-state index is -0.552. The number of nitrogens with zero attached hydrogens (tertiary/aromatic N) is 2. The molecule has 4 atom stereocenters. The molecule has 0 radical (unpaired) electrons. The minimum Gasteiger partial charge on any atom is -0.496 e. The summed E-state index contributed by atoms with van der Waals surface area (Å²) in [5, 5.41) is 20.8. The number of aliphatic hydroxyl groups is 1. The van der Waals surface area contributed by atoms with Crippen molar-refractivity contribution in [2.45, 2.75) is 96.2 Å². The molecule has 2 aliphatic rings. The van der Waals surface area contributed by atoms with E-state index in [1.54, 1.807) is 7.11 Å². The smallest absolute Gasteiger partial charge is 0.245 e.